The zero-order valence-corrected chi connectivity index (χ0v) is 12.4. The molecule has 5 heteroatoms. The summed E-state index contributed by atoms with van der Waals surface area (Å²) in [6, 6.07) is 7.88. The van der Waals surface area contributed by atoms with Gasteiger partial charge in [-0.1, -0.05) is 25.1 Å². The Morgan fingerprint density at radius 2 is 2.19 bits per heavy atom. The Bertz CT molecular complexity index is 623. The molecule has 1 aromatic heterocycles. The molecule has 0 radical (unpaired) electrons. The first-order valence-corrected chi connectivity index (χ1v) is 7.43. The maximum Gasteiger partial charge on any atom is 0.251 e. The quantitative estimate of drug-likeness (QED) is 0.852. The molecule has 5 nitrogen and oxygen atoms in total. The number of rotatable bonds is 2. The van der Waals surface area contributed by atoms with Crippen LogP contribution in [0.4, 0.5) is 5.69 Å². The molecule has 3 rings (SSSR count). The molecule has 0 saturated heterocycles. The Balaban J connectivity index is 1.94. The minimum Gasteiger partial charge on any atom is -0.310 e. The smallest absolute Gasteiger partial charge is 0.251 e. The molecule has 2 unspecified atom stereocenters. The summed E-state index contributed by atoms with van der Waals surface area (Å²) in [5.74, 6) is 0.558. The minimum absolute atomic E-state index is 0.0713. The third kappa shape index (κ3) is 2.55. The van der Waals surface area contributed by atoms with Crippen LogP contribution in [0.1, 0.15) is 44.2 Å². The van der Waals surface area contributed by atoms with Crippen molar-refractivity contribution in [2.75, 3.05) is 11.4 Å². The number of hydrogen-bond acceptors (Lipinski definition) is 3. The fourth-order valence-corrected chi connectivity index (χ4v) is 2.97. The lowest BCUT2D eigenvalue weighted by Gasteiger charge is -2.26. The van der Waals surface area contributed by atoms with E-state index in [0.29, 0.717) is 5.92 Å². The number of nitrogens with zero attached hydrogens (tertiary/aromatic N) is 4. The molecule has 0 N–H and O–H groups in total. The minimum atomic E-state index is -0.339. The van der Waals surface area contributed by atoms with E-state index in [-0.39, 0.29) is 11.9 Å². The second-order valence-corrected chi connectivity index (χ2v) is 5.64. The maximum atomic E-state index is 12.9. The van der Waals surface area contributed by atoms with Gasteiger partial charge in [0, 0.05) is 12.2 Å². The van der Waals surface area contributed by atoms with Crippen LogP contribution in [0.15, 0.2) is 36.9 Å². The van der Waals surface area contributed by atoms with Gasteiger partial charge < -0.3 is 4.90 Å². The zero-order valence-electron chi connectivity index (χ0n) is 12.4. The lowest BCUT2D eigenvalue weighted by atomic mass is 9.96. The van der Waals surface area contributed by atoms with Crippen molar-refractivity contribution >= 4 is 11.6 Å². The third-order valence-electron chi connectivity index (χ3n) is 4.23. The van der Waals surface area contributed by atoms with E-state index in [0.717, 1.165) is 25.1 Å². The topological polar surface area (TPSA) is 51.0 Å². The normalized spacial score (nSPS) is 19.7. The van der Waals surface area contributed by atoms with E-state index in [1.165, 1.54) is 11.9 Å². The number of hydrogen-bond donors (Lipinski definition) is 0. The second kappa shape index (κ2) is 5.68. The van der Waals surface area contributed by atoms with Crippen LogP contribution in [-0.2, 0) is 4.79 Å². The monoisotopic (exact) mass is 284 g/mol. The summed E-state index contributed by atoms with van der Waals surface area (Å²) >= 11 is 0. The highest BCUT2D eigenvalue weighted by atomic mass is 16.2. The van der Waals surface area contributed by atoms with E-state index in [2.05, 4.69) is 23.1 Å². The molecule has 0 aliphatic carbocycles. The summed E-state index contributed by atoms with van der Waals surface area (Å²) in [5, 5.41) is 4.08. The summed E-state index contributed by atoms with van der Waals surface area (Å²) in [6.07, 6.45) is 5.18. The molecule has 1 amide bonds. The van der Waals surface area contributed by atoms with E-state index in [9.17, 15) is 4.79 Å². The van der Waals surface area contributed by atoms with Gasteiger partial charge in [0.2, 0.25) is 0 Å². The van der Waals surface area contributed by atoms with Gasteiger partial charge in [-0.25, -0.2) is 9.67 Å². The molecular weight excluding hydrogens is 264 g/mol. The molecule has 2 heterocycles. The first kappa shape index (κ1) is 13.8. The van der Waals surface area contributed by atoms with Crippen LogP contribution in [0.5, 0.6) is 0 Å². The number of carbonyl (C=O) groups is 1. The Hall–Kier alpha value is -2.17. The average molecular weight is 284 g/mol. The predicted molar refractivity (Wildman–Crippen MR) is 81.2 cm³/mol. The molecule has 0 spiro atoms. The number of fused-ring (bicyclic) bond motifs is 1. The summed E-state index contributed by atoms with van der Waals surface area (Å²) in [5.41, 5.74) is 2.30. The van der Waals surface area contributed by atoms with E-state index < -0.39 is 0 Å². The van der Waals surface area contributed by atoms with Crippen molar-refractivity contribution in [1.29, 1.82) is 0 Å². The Kier molecular flexibility index (Phi) is 3.73. The van der Waals surface area contributed by atoms with Crippen LogP contribution in [0.2, 0.25) is 0 Å². The standard InChI is InChI=1S/C16H20N4O/c1-12-6-5-9-19(15-8-4-3-7-14(12)15)16(21)13(2)20-11-17-10-18-20/h3-4,7-8,10-13H,5-6,9H2,1-2H3. The van der Waals surface area contributed by atoms with Crippen molar-refractivity contribution in [3.05, 3.63) is 42.5 Å². The van der Waals surface area contributed by atoms with E-state index in [4.69, 9.17) is 0 Å². The van der Waals surface area contributed by atoms with Crippen LogP contribution in [0.3, 0.4) is 0 Å². The van der Waals surface area contributed by atoms with Gasteiger partial charge in [-0.2, -0.15) is 5.10 Å². The van der Waals surface area contributed by atoms with Crippen molar-refractivity contribution in [3.8, 4) is 0 Å². The molecule has 2 aromatic rings. The number of benzene rings is 1. The first-order valence-electron chi connectivity index (χ1n) is 7.43. The predicted octanol–water partition coefficient (Wildman–Crippen LogP) is 2.77. The van der Waals surface area contributed by atoms with Crippen molar-refractivity contribution in [1.82, 2.24) is 14.8 Å². The van der Waals surface area contributed by atoms with Crippen LogP contribution < -0.4 is 4.90 Å². The number of para-hydroxylation sites is 1. The molecule has 1 aliphatic heterocycles. The van der Waals surface area contributed by atoms with Crippen LogP contribution >= 0.6 is 0 Å². The third-order valence-corrected chi connectivity index (χ3v) is 4.23. The molecule has 2 atom stereocenters. The first-order chi connectivity index (χ1) is 10.2. The molecule has 0 bridgehead atoms. The fraction of sp³-hybridized carbons (Fsp3) is 0.438. The van der Waals surface area contributed by atoms with E-state index >= 15 is 0 Å². The highest BCUT2D eigenvalue weighted by Crippen LogP contribution is 2.34. The lowest BCUT2D eigenvalue weighted by molar-refractivity contribution is -0.121. The summed E-state index contributed by atoms with van der Waals surface area (Å²) in [7, 11) is 0. The summed E-state index contributed by atoms with van der Waals surface area (Å²) < 4.78 is 1.61. The van der Waals surface area contributed by atoms with Crippen LogP contribution in [0.25, 0.3) is 0 Å². The second-order valence-electron chi connectivity index (χ2n) is 5.64. The van der Waals surface area contributed by atoms with Crippen LogP contribution in [0, 0.1) is 0 Å². The van der Waals surface area contributed by atoms with Gasteiger partial charge in [0.05, 0.1) is 0 Å². The van der Waals surface area contributed by atoms with Gasteiger partial charge in [-0.15, -0.1) is 0 Å². The lowest BCUT2D eigenvalue weighted by Crippen LogP contribution is -2.37. The van der Waals surface area contributed by atoms with Gasteiger partial charge >= 0.3 is 0 Å². The number of carbonyl (C=O) groups excluding carboxylic acids is 1. The van der Waals surface area contributed by atoms with Crippen molar-refractivity contribution in [3.63, 3.8) is 0 Å². The molecule has 1 aromatic carbocycles. The van der Waals surface area contributed by atoms with E-state index in [1.807, 2.05) is 30.0 Å². The Morgan fingerprint density at radius 3 is 2.95 bits per heavy atom. The van der Waals surface area contributed by atoms with Crippen molar-refractivity contribution in [2.24, 2.45) is 0 Å². The number of anilines is 1. The largest absolute Gasteiger partial charge is 0.310 e. The summed E-state index contributed by atoms with van der Waals surface area (Å²) in [6.45, 7) is 4.86. The molecule has 21 heavy (non-hydrogen) atoms. The number of amides is 1. The number of aromatic nitrogens is 3. The molecule has 0 fully saturated rings. The van der Waals surface area contributed by atoms with Gasteiger partial charge in [0.15, 0.2) is 0 Å². The van der Waals surface area contributed by atoms with Crippen LogP contribution in [-0.4, -0.2) is 27.2 Å². The van der Waals surface area contributed by atoms with E-state index in [1.54, 1.807) is 11.0 Å². The SMILES string of the molecule is CC1CCCN(C(=O)C(C)n2cncn2)c2ccccc21. The van der Waals surface area contributed by atoms with Crippen molar-refractivity contribution < 1.29 is 4.79 Å². The molecule has 1 aliphatic rings. The zero-order chi connectivity index (χ0) is 14.8. The molecular formula is C16H20N4O. The highest BCUT2D eigenvalue weighted by molar-refractivity contribution is 5.96. The Labute approximate surface area is 124 Å². The van der Waals surface area contributed by atoms with Gasteiger partial charge in [-0.3, -0.25) is 4.79 Å². The highest BCUT2D eigenvalue weighted by Gasteiger charge is 2.28. The Morgan fingerprint density at radius 1 is 1.38 bits per heavy atom. The summed E-state index contributed by atoms with van der Waals surface area (Å²) in [4.78, 5) is 18.7. The van der Waals surface area contributed by atoms with Gasteiger partial charge in [-0.05, 0) is 37.3 Å². The molecule has 0 saturated carbocycles. The van der Waals surface area contributed by atoms with Gasteiger partial charge in [0.1, 0.15) is 18.7 Å². The fourth-order valence-electron chi connectivity index (χ4n) is 2.97. The van der Waals surface area contributed by atoms with Gasteiger partial charge in [0.25, 0.3) is 5.91 Å². The maximum absolute atomic E-state index is 12.9. The molecule has 110 valence electrons. The van der Waals surface area contributed by atoms with Crippen molar-refractivity contribution in [2.45, 2.75) is 38.6 Å². The average Bonchev–Trinajstić information content (AvgIpc) is 2.99.